The molecule has 0 unspecified atom stereocenters. The van der Waals surface area contributed by atoms with Crippen LogP contribution in [0.4, 0.5) is 0 Å². The van der Waals surface area contributed by atoms with E-state index < -0.39 is 0 Å². The van der Waals surface area contributed by atoms with E-state index in [1.54, 1.807) is 18.5 Å². The van der Waals surface area contributed by atoms with Crippen molar-refractivity contribution < 1.29 is 4.79 Å². The fourth-order valence-corrected chi connectivity index (χ4v) is 3.34. The van der Waals surface area contributed by atoms with Gasteiger partial charge in [-0.1, -0.05) is 30.1 Å². The van der Waals surface area contributed by atoms with Gasteiger partial charge in [-0.15, -0.1) is 11.3 Å². The Morgan fingerprint density at radius 1 is 1.35 bits per heavy atom. The average molecular weight is 329 g/mol. The molecule has 2 heterocycles. The van der Waals surface area contributed by atoms with Gasteiger partial charge in [0, 0.05) is 18.9 Å². The number of Topliss-reactive ketones (excluding diaryl/α,β-unsaturated/α-hetero) is 1. The lowest BCUT2D eigenvalue weighted by molar-refractivity contribution is 0.0930. The fourth-order valence-electron chi connectivity index (χ4n) is 1.84. The van der Waals surface area contributed by atoms with Crippen molar-refractivity contribution in [3.63, 3.8) is 0 Å². The highest BCUT2D eigenvalue weighted by atomic mass is 35.5. The van der Waals surface area contributed by atoms with Crippen LogP contribution in [0.5, 0.6) is 0 Å². The molecule has 0 radical (unpaired) electrons. The summed E-state index contributed by atoms with van der Waals surface area (Å²) in [4.78, 5) is 18.3. The van der Waals surface area contributed by atoms with Gasteiger partial charge in [-0.25, -0.2) is 0 Å². The number of hydrogen-bond donors (Lipinski definition) is 0. The minimum absolute atomic E-state index is 0.00550. The Kier molecular flexibility index (Phi) is 5.54. The number of rotatable bonds is 6. The van der Waals surface area contributed by atoms with Crippen LogP contribution >= 0.6 is 34.5 Å². The minimum Gasteiger partial charge on any atom is -0.293 e. The van der Waals surface area contributed by atoms with Gasteiger partial charge in [-0.2, -0.15) is 0 Å². The smallest absolute Gasteiger partial charge is 0.179 e. The predicted octanol–water partition coefficient (Wildman–Crippen LogP) is 4.15. The summed E-state index contributed by atoms with van der Waals surface area (Å²) in [5.74, 6) is -0.00550. The van der Waals surface area contributed by atoms with Crippen molar-refractivity contribution >= 4 is 40.3 Å². The molecule has 0 aliphatic carbocycles. The highest BCUT2D eigenvalue weighted by Crippen LogP contribution is 2.31. The van der Waals surface area contributed by atoms with E-state index in [2.05, 4.69) is 9.88 Å². The Labute approximate surface area is 132 Å². The number of ketones is 1. The van der Waals surface area contributed by atoms with E-state index >= 15 is 0 Å². The van der Waals surface area contributed by atoms with Crippen LogP contribution in [0.15, 0.2) is 30.6 Å². The number of nitrogens with zero attached hydrogens (tertiary/aromatic N) is 2. The summed E-state index contributed by atoms with van der Waals surface area (Å²) >= 11 is 13.1. The van der Waals surface area contributed by atoms with Crippen LogP contribution in [-0.2, 0) is 6.54 Å². The van der Waals surface area contributed by atoms with Gasteiger partial charge in [0.25, 0.3) is 0 Å². The number of aromatic nitrogens is 1. The summed E-state index contributed by atoms with van der Waals surface area (Å²) in [5, 5.41) is 0. The zero-order valence-electron chi connectivity index (χ0n) is 11.0. The topological polar surface area (TPSA) is 33.2 Å². The van der Waals surface area contributed by atoms with Crippen LogP contribution in [0.25, 0.3) is 0 Å². The predicted molar refractivity (Wildman–Crippen MR) is 83.9 cm³/mol. The lowest BCUT2D eigenvalue weighted by Crippen LogP contribution is -2.29. The lowest BCUT2D eigenvalue weighted by atomic mass is 10.2. The van der Waals surface area contributed by atoms with Crippen molar-refractivity contribution in [2.24, 2.45) is 0 Å². The molecule has 0 aliphatic heterocycles. The number of likely N-dealkylation sites (N-methyl/N-ethyl adjacent to an activating group) is 1. The molecule has 20 heavy (non-hydrogen) atoms. The highest BCUT2D eigenvalue weighted by molar-refractivity contribution is 7.20. The van der Waals surface area contributed by atoms with E-state index in [0.29, 0.717) is 27.3 Å². The second kappa shape index (κ2) is 7.18. The first kappa shape index (κ1) is 15.4. The minimum atomic E-state index is -0.00550. The number of halogens is 2. The summed E-state index contributed by atoms with van der Waals surface area (Å²) in [7, 11) is 0. The number of thiophene rings is 1. The summed E-state index contributed by atoms with van der Waals surface area (Å²) in [6, 6.07) is 5.53. The molecule has 0 spiro atoms. The number of carbonyl (C=O) groups is 1. The van der Waals surface area contributed by atoms with Gasteiger partial charge >= 0.3 is 0 Å². The third-order valence-electron chi connectivity index (χ3n) is 2.93. The molecule has 0 N–H and O–H groups in total. The summed E-state index contributed by atoms with van der Waals surface area (Å²) in [5.41, 5.74) is 1.64. The Morgan fingerprint density at radius 3 is 2.60 bits per heavy atom. The molecule has 0 saturated heterocycles. The molecule has 2 aromatic heterocycles. The SMILES string of the molecule is CCN(CC(=O)c1cc(Cl)sc1Cl)Cc1ccncc1. The summed E-state index contributed by atoms with van der Waals surface area (Å²) < 4.78 is 0.996. The monoisotopic (exact) mass is 328 g/mol. The standard InChI is InChI=1S/C14H14Cl2N2OS/c1-2-18(8-10-3-5-17-6-4-10)9-12(19)11-7-13(15)20-14(11)16/h3-7H,2,8-9H2,1H3. The number of hydrogen-bond acceptors (Lipinski definition) is 4. The van der Waals surface area contributed by atoms with E-state index in [-0.39, 0.29) is 5.78 Å². The van der Waals surface area contributed by atoms with E-state index in [1.165, 1.54) is 11.3 Å². The first-order chi connectivity index (χ1) is 9.60. The quantitative estimate of drug-likeness (QED) is 0.746. The zero-order valence-corrected chi connectivity index (χ0v) is 13.3. The molecule has 2 aromatic rings. The van der Waals surface area contributed by atoms with Crippen LogP contribution in [0.2, 0.25) is 8.67 Å². The first-order valence-electron chi connectivity index (χ1n) is 6.19. The molecule has 0 saturated carbocycles. The number of carbonyl (C=O) groups excluding carboxylic acids is 1. The normalized spacial score (nSPS) is 11.0. The third kappa shape index (κ3) is 4.03. The summed E-state index contributed by atoms with van der Waals surface area (Å²) in [6.45, 7) is 3.84. The highest BCUT2D eigenvalue weighted by Gasteiger charge is 2.17. The first-order valence-corrected chi connectivity index (χ1v) is 7.76. The van der Waals surface area contributed by atoms with Crippen molar-refractivity contribution in [1.29, 1.82) is 0 Å². The van der Waals surface area contributed by atoms with Gasteiger partial charge < -0.3 is 0 Å². The van der Waals surface area contributed by atoms with Crippen molar-refractivity contribution in [2.75, 3.05) is 13.1 Å². The molecule has 0 fully saturated rings. The van der Waals surface area contributed by atoms with Crippen molar-refractivity contribution in [1.82, 2.24) is 9.88 Å². The molecule has 106 valence electrons. The largest absolute Gasteiger partial charge is 0.293 e. The molecule has 0 bridgehead atoms. The molecule has 0 aromatic carbocycles. The van der Waals surface area contributed by atoms with Crippen LogP contribution in [0.1, 0.15) is 22.8 Å². The number of pyridine rings is 1. The average Bonchev–Trinajstić information content (AvgIpc) is 2.78. The summed E-state index contributed by atoms with van der Waals surface area (Å²) in [6.07, 6.45) is 3.50. The molecular weight excluding hydrogens is 315 g/mol. The third-order valence-corrected chi connectivity index (χ3v) is 4.41. The van der Waals surface area contributed by atoms with E-state index in [4.69, 9.17) is 23.2 Å². The van der Waals surface area contributed by atoms with Crippen LogP contribution in [0, 0.1) is 0 Å². The second-order valence-electron chi connectivity index (χ2n) is 4.32. The Morgan fingerprint density at radius 2 is 2.05 bits per heavy atom. The van der Waals surface area contributed by atoms with Gasteiger partial charge in [0.15, 0.2) is 5.78 Å². The maximum absolute atomic E-state index is 12.2. The van der Waals surface area contributed by atoms with Gasteiger partial charge in [-0.3, -0.25) is 14.7 Å². The van der Waals surface area contributed by atoms with Crippen LogP contribution in [0.3, 0.4) is 0 Å². The van der Waals surface area contributed by atoms with E-state index in [9.17, 15) is 4.79 Å². The molecule has 0 aliphatic rings. The molecule has 2 rings (SSSR count). The lowest BCUT2D eigenvalue weighted by Gasteiger charge is -2.19. The van der Waals surface area contributed by atoms with Crippen molar-refractivity contribution in [2.45, 2.75) is 13.5 Å². The fraction of sp³-hybridized carbons (Fsp3) is 0.286. The Balaban J connectivity index is 2.03. The van der Waals surface area contributed by atoms with Gasteiger partial charge in [-0.05, 0) is 30.3 Å². The van der Waals surface area contributed by atoms with Crippen molar-refractivity contribution in [3.05, 3.63) is 50.4 Å². The Hall–Kier alpha value is -0.940. The van der Waals surface area contributed by atoms with E-state index in [1.807, 2.05) is 19.1 Å². The molecule has 0 atom stereocenters. The molecule has 6 heteroatoms. The maximum atomic E-state index is 12.2. The van der Waals surface area contributed by atoms with Gasteiger partial charge in [0.2, 0.25) is 0 Å². The maximum Gasteiger partial charge on any atom is 0.179 e. The van der Waals surface area contributed by atoms with Crippen LogP contribution < -0.4 is 0 Å². The molecular formula is C14H14Cl2N2OS. The van der Waals surface area contributed by atoms with Gasteiger partial charge in [0.05, 0.1) is 16.4 Å². The zero-order chi connectivity index (χ0) is 14.5. The van der Waals surface area contributed by atoms with Crippen molar-refractivity contribution in [3.8, 4) is 0 Å². The van der Waals surface area contributed by atoms with Gasteiger partial charge in [0.1, 0.15) is 4.34 Å². The van der Waals surface area contributed by atoms with Crippen LogP contribution in [-0.4, -0.2) is 28.8 Å². The van der Waals surface area contributed by atoms with E-state index in [0.717, 1.165) is 12.1 Å². The molecule has 0 amide bonds. The molecule has 3 nitrogen and oxygen atoms in total. The second-order valence-corrected chi connectivity index (χ2v) is 6.61. The Bertz CT molecular complexity index is 586.